The highest BCUT2D eigenvalue weighted by Crippen LogP contribution is 2.30. The van der Waals surface area contributed by atoms with Crippen molar-refractivity contribution < 1.29 is 14.3 Å². The summed E-state index contributed by atoms with van der Waals surface area (Å²) in [5.41, 5.74) is 1.77. The van der Waals surface area contributed by atoms with E-state index in [0.717, 1.165) is 24.8 Å². The van der Waals surface area contributed by atoms with Gasteiger partial charge in [0.25, 0.3) is 5.91 Å². The third-order valence-corrected chi connectivity index (χ3v) is 5.93. The molecule has 1 amide bonds. The van der Waals surface area contributed by atoms with E-state index in [4.69, 9.17) is 21.1 Å². The summed E-state index contributed by atoms with van der Waals surface area (Å²) in [6.45, 7) is 4.88. The fraction of sp³-hybridized carbons (Fsp3) is 0.385. The van der Waals surface area contributed by atoms with Crippen LogP contribution in [-0.2, 0) is 11.4 Å². The molecule has 3 rings (SSSR count). The molecule has 168 valence electrons. The second-order valence-corrected chi connectivity index (χ2v) is 8.50. The van der Waals surface area contributed by atoms with E-state index >= 15 is 0 Å². The topological polar surface area (TPSA) is 71.3 Å². The van der Waals surface area contributed by atoms with E-state index in [0.29, 0.717) is 41.2 Å². The molecule has 2 aromatic rings. The van der Waals surface area contributed by atoms with E-state index < -0.39 is 0 Å². The van der Waals surface area contributed by atoms with Crippen molar-refractivity contribution in [3.63, 3.8) is 0 Å². The maximum atomic E-state index is 12.7. The first kappa shape index (κ1) is 23.7. The zero-order valence-corrected chi connectivity index (χ0v) is 19.3. The number of amides is 1. The quantitative estimate of drug-likeness (QED) is 0.398. The smallest absolute Gasteiger partial charge is 0.262 e. The SMILES string of the molecule is CCOc1cc(/C=C(\C#N)C(=O)N[C@H]2CCCC[C@@H]2C)ccc1OCc1ccc(Cl)cc1. The third-order valence-electron chi connectivity index (χ3n) is 5.68. The molecule has 1 N–H and O–H groups in total. The summed E-state index contributed by atoms with van der Waals surface area (Å²) in [4.78, 5) is 12.7. The first-order valence-electron chi connectivity index (χ1n) is 11.1. The number of halogens is 1. The lowest BCUT2D eigenvalue weighted by molar-refractivity contribution is -0.118. The molecule has 1 aliphatic carbocycles. The first-order chi connectivity index (χ1) is 15.5. The summed E-state index contributed by atoms with van der Waals surface area (Å²) >= 11 is 5.93. The van der Waals surface area contributed by atoms with Gasteiger partial charge in [-0.05, 0) is 67.2 Å². The highest BCUT2D eigenvalue weighted by atomic mass is 35.5. The number of carbonyl (C=O) groups excluding carboxylic acids is 1. The van der Waals surface area contributed by atoms with Gasteiger partial charge in [0.2, 0.25) is 0 Å². The van der Waals surface area contributed by atoms with E-state index in [1.165, 1.54) is 6.42 Å². The third kappa shape index (κ3) is 6.51. The Balaban J connectivity index is 1.73. The molecule has 0 saturated heterocycles. The minimum absolute atomic E-state index is 0.0834. The number of hydrogen-bond donors (Lipinski definition) is 1. The summed E-state index contributed by atoms with van der Waals surface area (Å²) in [5.74, 6) is 1.26. The van der Waals surface area contributed by atoms with Crippen molar-refractivity contribution in [3.05, 3.63) is 64.2 Å². The van der Waals surface area contributed by atoms with Crippen LogP contribution in [0.25, 0.3) is 6.08 Å². The molecule has 1 aliphatic rings. The van der Waals surface area contributed by atoms with Gasteiger partial charge in [0.1, 0.15) is 18.2 Å². The predicted molar refractivity (Wildman–Crippen MR) is 127 cm³/mol. The van der Waals surface area contributed by atoms with Crippen molar-refractivity contribution in [1.82, 2.24) is 5.32 Å². The van der Waals surface area contributed by atoms with Gasteiger partial charge in [-0.1, -0.05) is 49.6 Å². The lowest BCUT2D eigenvalue weighted by atomic mass is 9.86. The summed E-state index contributed by atoms with van der Waals surface area (Å²) in [7, 11) is 0. The number of hydrogen-bond acceptors (Lipinski definition) is 4. The lowest BCUT2D eigenvalue weighted by Crippen LogP contribution is -2.41. The summed E-state index contributed by atoms with van der Waals surface area (Å²) in [6, 6.07) is 15.0. The van der Waals surface area contributed by atoms with Gasteiger partial charge < -0.3 is 14.8 Å². The number of nitrogens with one attached hydrogen (secondary N) is 1. The van der Waals surface area contributed by atoms with Gasteiger partial charge in [0.05, 0.1) is 6.61 Å². The van der Waals surface area contributed by atoms with Gasteiger partial charge in [0.15, 0.2) is 11.5 Å². The standard InChI is InChI=1S/C26H29ClN2O3/c1-3-31-25-15-20(10-13-24(25)32-17-19-8-11-22(27)12-9-19)14-21(16-28)26(30)29-23-7-5-4-6-18(23)2/h8-15,18,23H,3-7,17H2,1-2H3,(H,29,30)/b21-14+/t18-,23-/m0/s1. The minimum atomic E-state index is -0.327. The molecule has 1 saturated carbocycles. The van der Waals surface area contributed by atoms with E-state index in [1.807, 2.05) is 43.3 Å². The minimum Gasteiger partial charge on any atom is -0.490 e. The van der Waals surface area contributed by atoms with Gasteiger partial charge in [-0.3, -0.25) is 4.79 Å². The van der Waals surface area contributed by atoms with Crippen LogP contribution in [0.5, 0.6) is 11.5 Å². The van der Waals surface area contributed by atoms with Crippen LogP contribution >= 0.6 is 11.6 Å². The van der Waals surface area contributed by atoms with Crippen molar-refractivity contribution in [2.45, 2.75) is 52.2 Å². The Labute approximate surface area is 195 Å². The van der Waals surface area contributed by atoms with E-state index in [9.17, 15) is 10.1 Å². The molecular formula is C26H29ClN2O3. The van der Waals surface area contributed by atoms with Crippen molar-refractivity contribution in [2.24, 2.45) is 5.92 Å². The zero-order valence-electron chi connectivity index (χ0n) is 18.6. The Morgan fingerprint density at radius 1 is 1.16 bits per heavy atom. The molecule has 2 atom stereocenters. The van der Waals surface area contributed by atoms with Gasteiger partial charge in [-0.15, -0.1) is 0 Å². The summed E-state index contributed by atoms with van der Waals surface area (Å²) in [6.07, 6.45) is 5.96. The van der Waals surface area contributed by atoms with E-state index in [1.54, 1.807) is 18.2 Å². The van der Waals surface area contributed by atoms with Crippen LogP contribution in [0.4, 0.5) is 0 Å². The van der Waals surface area contributed by atoms with Gasteiger partial charge in [-0.2, -0.15) is 5.26 Å². The molecule has 6 heteroatoms. The average molecular weight is 453 g/mol. The van der Waals surface area contributed by atoms with Crippen LogP contribution in [0, 0.1) is 17.2 Å². The van der Waals surface area contributed by atoms with Crippen molar-refractivity contribution in [2.75, 3.05) is 6.61 Å². The van der Waals surface area contributed by atoms with Gasteiger partial charge >= 0.3 is 0 Å². The van der Waals surface area contributed by atoms with Crippen molar-refractivity contribution in [3.8, 4) is 17.6 Å². The molecule has 0 radical (unpaired) electrons. The fourth-order valence-electron chi connectivity index (χ4n) is 3.84. The molecule has 5 nitrogen and oxygen atoms in total. The van der Waals surface area contributed by atoms with Crippen LogP contribution in [0.1, 0.15) is 50.7 Å². The number of carbonyl (C=O) groups is 1. The van der Waals surface area contributed by atoms with Crippen LogP contribution in [0.15, 0.2) is 48.0 Å². The maximum absolute atomic E-state index is 12.7. The average Bonchev–Trinajstić information content (AvgIpc) is 2.79. The molecule has 1 fully saturated rings. The highest BCUT2D eigenvalue weighted by molar-refractivity contribution is 6.30. The van der Waals surface area contributed by atoms with Gasteiger partial charge in [0, 0.05) is 11.1 Å². The Bertz CT molecular complexity index is 995. The lowest BCUT2D eigenvalue weighted by Gasteiger charge is -2.29. The molecule has 0 spiro atoms. The summed E-state index contributed by atoms with van der Waals surface area (Å²) in [5, 5.41) is 13.3. The Morgan fingerprint density at radius 3 is 2.59 bits per heavy atom. The molecular weight excluding hydrogens is 424 g/mol. The molecule has 2 aromatic carbocycles. The zero-order chi connectivity index (χ0) is 22.9. The Kier molecular flexibility index (Phi) is 8.58. The molecule has 32 heavy (non-hydrogen) atoms. The molecule has 0 aromatic heterocycles. The number of rotatable bonds is 8. The van der Waals surface area contributed by atoms with Crippen molar-refractivity contribution in [1.29, 1.82) is 5.26 Å². The molecule has 0 unspecified atom stereocenters. The van der Waals surface area contributed by atoms with Gasteiger partial charge in [-0.25, -0.2) is 0 Å². The number of ether oxygens (including phenoxy) is 2. The van der Waals surface area contributed by atoms with E-state index in [-0.39, 0.29) is 17.5 Å². The highest BCUT2D eigenvalue weighted by Gasteiger charge is 2.24. The fourth-order valence-corrected chi connectivity index (χ4v) is 3.96. The Hall–Kier alpha value is -2.97. The largest absolute Gasteiger partial charge is 0.490 e. The number of benzene rings is 2. The monoisotopic (exact) mass is 452 g/mol. The van der Waals surface area contributed by atoms with Crippen LogP contribution in [-0.4, -0.2) is 18.6 Å². The number of nitrogens with zero attached hydrogens (tertiary/aromatic N) is 1. The normalized spacial score (nSPS) is 18.5. The van der Waals surface area contributed by atoms with E-state index in [2.05, 4.69) is 12.2 Å². The van der Waals surface area contributed by atoms with Crippen LogP contribution < -0.4 is 14.8 Å². The second kappa shape index (κ2) is 11.6. The van der Waals surface area contributed by atoms with Crippen LogP contribution in [0.3, 0.4) is 0 Å². The summed E-state index contributed by atoms with van der Waals surface area (Å²) < 4.78 is 11.7. The van der Waals surface area contributed by atoms with Crippen LogP contribution in [0.2, 0.25) is 5.02 Å². The first-order valence-corrected chi connectivity index (χ1v) is 11.4. The Morgan fingerprint density at radius 2 is 1.91 bits per heavy atom. The number of nitriles is 1. The second-order valence-electron chi connectivity index (χ2n) is 8.07. The predicted octanol–water partition coefficient (Wildman–Crippen LogP) is 5.92. The molecule has 0 bridgehead atoms. The maximum Gasteiger partial charge on any atom is 0.262 e. The molecule has 0 heterocycles. The van der Waals surface area contributed by atoms with Crippen molar-refractivity contribution >= 4 is 23.6 Å². The molecule has 0 aliphatic heterocycles.